The van der Waals surface area contributed by atoms with Crippen molar-refractivity contribution in [2.75, 3.05) is 27.2 Å². The van der Waals surface area contributed by atoms with Crippen LogP contribution in [0.3, 0.4) is 0 Å². The van der Waals surface area contributed by atoms with E-state index in [0.29, 0.717) is 22.8 Å². The molecule has 1 saturated heterocycles. The van der Waals surface area contributed by atoms with Crippen LogP contribution in [0.5, 0.6) is 0 Å². The normalized spacial score (nSPS) is 17.6. The molecule has 0 aliphatic carbocycles. The first-order valence-electron chi connectivity index (χ1n) is 9.46. The predicted octanol–water partition coefficient (Wildman–Crippen LogP) is 4.11. The van der Waals surface area contributed by atoms with Crippen molar-refractivity contribution >= 4 is 35.2 Å². The van der Waals surface area contributed by atoms with E-state index >= 15 is 0 Å². The number of amides is 1. The maximum absolute atomic E-state index is 12.6. The van der Waals surface area contributed by atoms with E-state index in [0.717, 1.165) is 42.8 Å². The Kier molecular flexibility index (Phi) is 6.81. The third kappa shape index (κ3) is 4.96. The minimum Gasteiger partial charge on any atom is -0.338 e. The molecule has 0 saturated carbocycles. The van der Waals surface area contributed by atoms with Crippen molar-refractivity contribution in [2.24, 2.45) is 0 Å². The molecule has 1 aliphatic rings. The number of carbonyl (C=O) groups is 1. The molecule has 0 spiro atoms. The molecule has 1 fully saturated rings. The summed E-state index contributed by atoms with van der Waals surface area (Å²) in [5.74, 6) is 0.0208. The first-order chi connectivity index (χ1) is 13.3. The van der Waals surface area contributed by atoms with Gasteiger partial charge in [0.25, 0.3) is 0 Å². The average molecular weight is 421 g/mol. The fourth-order valence-corrected chi connectivity index (χ4v) is 3.88. The number of rotatable bonds is 5. The number of aromatic nitrogens is 2. The first kappa shape index (κ1) is 20.9. The number of hydrogen-bond donors (Lipinski definition) is 0. The van der Waals surface area contributed by atoms with Gasteiger partial charge in [-0.15, -0.1) is 0 Å². The number of halogens is 2. The van der Waals surface area contributed by atoms with Gasteiger partial charge in [0, 0.05) is 35.8 Å². The Labute approximate surface area is 176 Å². The van der Waals surface area contributed by atoms with Crippen LogP contribution < -0.4 is 0 Å². The lowest BCUT2D eigenvalue weighted by molar-refractivity contribution is -0.127. The second kappa shape index (κ2) is 9.12. The second-order valence-corrected chi connectivity index (χ2v) is 8.25. The van der Waals surface area contributed by atoms with Crippen LogP contribution in [0.2, 0.25) is 10.2 Å². The zero-order chi connectivity index (χ0) is 20.3. The molecule has 2 aromatic rings. The van der Waals surface area contributed by atoms with Gasteiger partial charge in [0.15, 0.2) is 0 Å². The molecule has 2 heterocycles. The van der Waals surface area contributed by atoms with Crippen molar-refractivity contribution in [3.63, 3.8) is 0 Å². The molecule has 150 valence electrons. The fraction of sp³-hybridized carbons (Fsp3) is 0.429. The quantitative estimate of drug-likeness (QED) is 0.683. The molecule has 7 heteroatoms. The summed E-state index contributed by atoms with van der Waals surface area (Å²) < 4.78 is 1.74. The van der Waals surface area contributed by atoms with Gasteiger partial charge in [0.2, 0.25) is 5.91 Å². The Morgan fingerprint density at radius 1 is 1.29 bits per heavy atom. The van der Waals surface area contributed by atoms with Crippen molar-refractivity contribution in [1.29, 1.82) is 0 Å². The van der Waals surface area contributed by atoms with E-state index in [2.05, 4.69) is 24.1 Å². The Balaban J connectivity index is 1.70. The summed E-state index contributed by atoms with van der Waals surface area (Å²) in [5.41, 5.74) is 2.64. The van der Waals surface area contributed by atoms with Crippen LogP contribution in [0.4, 0.5) is 0 Å². The molecule has 1 aromatic heterocycles. The van der Waals surface area contributed by atoms with Crippen LogP contribution in [0.1, 0.15) is 29.7 Å². The van der Waals surface area contributed by atoms with Gasteiger partial charge in [-0.05, 0) is 57.6 Å². The second-order valence-electron chi connectivity index (χ2n) is 7.45. The van der Waals surface area contributed by atoms with Gasteiger partial charge < -0.3 is 9.80 Å². The van der Waals surface area contributed by atoms with Gasteiger partial charge in [-0.25, -0.2) is 4.68 Å². The number of benzene rings is 1. The molecule has 1 aromatic carbocycles. The highest BCUT2D eigenvalue weighted by atomic mass is 35.5. The minimum atomic E-state index is 0.0208. The largest absolute Gasteiger partial charge is 0.338 e. The van der Waals surface area contributed by atoms with Crippen LogP contribution in [0.25, 0.3) is 6.08 Å². The van der Waals surface area contributed by atoms with E-state index in [-0.39, 0.29) is 5.91 Å². The van der Waals surface area contributed by atoms with Crippen molar-refractivity contribution in [3.05, 3.63) is 57.3 Å². The van der Waals surface area contributed by atoms with E-state index in [9.17, 15) is 4.79 Å². The summed E-state index contributed by atoms with van der Waals surface area (Å²) in [6, 6.07) is 8.01. The smallest absolute Gasteiger partial charge is 0.246 e. The van der Waals surface area contributed by atoms with Crippen molar-refractivity contribution in [1.82, 2.24) is 19.6 Å². The molecule has 1 aliphatic heterocycles. The Hall–Kier alpha value is -1.82. The number of nitrogens with zero attached hydrogens (tertiary/aromatic N) is 4. The van der Waals surface area contributed by atoms with Crippen molar-refractivity contribution < 1.29 is 4.79 Å². The molecule has 1 unspecified atom stereocenters. The van der Waals surface area contributed by atoms with Crippen molar-refractivity contribution in [3.8, 4) is 0 Å². The molecule has 5 nitrogen and oxygen atoms in total. The lowest BCUT2D eigenvalue weighted by atomic mass is 10.0. The van der Waals surface area contributed by atoms with Gasteiger partial charge in [0.05, 0.1) is 12.2 Å². The van der Waals surface area contributed by atoms with Gasteiger partial charge >= 0.3 is 0 Å². The fourth-order valence-electron chi connectivity index (χ4n) is 3.46. The number of likely N-dealkylation sites (tertiary alicyclic amines) is 1. The molecule has 1 atom stereocenters. The third-order valence-electron chi connectivity index (χ3n) is 5.19. The monoisotopic (exact) mass is 420 g/mol. The zero-order valence-corrected chi connectivity index (χ0v) is 18.0. The lowest BCUT2D eigenvalue weighted by Crippen LogP contribution is -2.47. The van der Waals surface area contributed by atoms with E-state index in [1.807, 2.05) is 36.1 Å². The van der Waals surface area contributed by atoms with Crippen LogP contribution >= 0.6 is 23.2 Å². The molecule has 0 radical (unpaired) electrons. The van der Waals surface area contributed by atoms with E-state index in [1.54, 1.807) is 16.8 Å². The SMILES string of the molecule is Cc1nn(Cc2ccc(Cl)cc2)c(Cl)c1/C=C/C(=O)N1CCCC(N(C)C)C1. The van der Waals surface area contributed by atoms with Crippen molar-refractivity contribution in [2.45, 2.75) is 32.4 Å². The third-order valence-corrected chi connectivity index (χ3v) is 5.84. The molecular weight excluding hydrogens is 395 g/mol. The highest BCUT2D eigenvalue weighted by molar-refractivity contribution is 6.31. The summed E-state index contributed by atoms with van der Waals surface area (Å²) in [6.07, 6.45) is 5.55. The predicted molar refractivity (Wildman–Crippen MR) is 115 cm³/mol. The van der Waals surface area contributed by atoms with Crippen LogP contribution in [-0.4, -0.2) is 58.7 Å². The first-order valence-corrected chi connectivity index (χ1v) is 10.2. The van der Waals surface area contributed by atoms with E-state index in [1.165, 1.54) is 0 Å². The molecule has 0 N–H and O–H groups in total. The number of piperidine rings is 1. The summed E-state index contributed by atoms with van der Waals surface area (Å²) in [5, 5.41) is 5.75. The Morgan fingerprint density at radius 2 is 2.00 bits per heavy atom. The molecule has 0 bridgehead atoms. The Morgan fingerprint density at radius 3 is 2.68 bits per heavy atom. The van der Waals surface area contributed by atoms with Crippen LogP contribution in [-0.2, 0) is 11.3 Å². The topological polar surface area (TPSA) is 41.4 Å². The van der Waals surface area contributed by atoms with Crippen LogP contribution in [0, 0.1) is 6.92 Å². The van der Waals surface area contributed by atoms with E-state index in [4.69, 9.17) is 23.2 Å². The van der Waals surface area contributed by atoms with Crippen LogP contribution in [0.15, 0.2) is 30.3 Å². The highest BCUT2D eigenvalue weighted by Crippen LogP contribution is 2.23. The molecular formula is C21H26Cl2N4O. The number of likely N-dealkylation sites (N-methyl/N-ethyl adjacent to an activating group) is 1. The maximum atomic E-state index is 12.6. The standard InChI is InChI=1S/C21H26Cl2N4O/c1-15-19(10-11-20(28)26-12-4-5-18(14-26)25(2)3)21(23)27(24-15)13-16-6-8-17(22)9-7-16/h6-11,18H,4-5,12-14H2,1-3H3/b11-10+. The summed E-state index contributed by atoms with van der Waals surface area (Å²) in [6.45, 7) is 4.02. The van der Waals surface area contributed by atoms with Gasteiger partial charge in [-0.2, -0.15) is 5.10 Å². The zero-order valence-electron chi connectivity index (χ0n) is 16.5. The maximum Gasteiger partial charge on any atom is 0.246 e. The average Bonchev–Trinajstić information content (AvgIpc) is 2.94. The minimum absolute atomic E-state index is 0.0208. The summed E-state index contributed by atoms with van der Waals surface area (Å²) in [7, 11) is 4.12. The molecule has 1 amide bonds. The lowest BCUT2D eigenvalue weighted by Gasteiger charge is -2.35. The number of aryl methyl sites for hydroxylation is 1. The van der Waals surface area contributed by atoms with Gasteiger partial charge in [-0.3, -0.25) is 4.79 Å². The summed E-state index contributed by atoms with van der Waals surface area (Å²) in [4.78, 5) is 16.7. The number of hydrogen-bond acceptors (Lipinski definition) is 3. The highest BCUT2D eigenvalue weighted by Gasteiger charge is 2.23. The van der Waals surface area contributed by atoms with Gasteiger partial charge in [0.1, 0.15) is 5.15 Å². The number of carbonyl (C=O) groups excluding carboxylic acids is 1. The Bertz CT molecular complexity index is 858. The van der Waals surface area contributed by atoms with Gasteiger partial charge in [-0.1, -0.05) is 35.3 Å². The molecule has 3 rings (SSSR count). The summed E-state index contributed by atoms with van der Waals surface area (Å²) >= 11 is 12.5. The van der Waals surface area contributed by atoms with E-state index < -0.39 is 0 Å². The molecule has 28 heavy (non-hydrogen) atoms.